The molecule has 0 amide bonds. The molecule has 14 heavy (non-hydrogen) atoms. The van der Waals surface area contributed by atoms with Gasteiger partial charge in [0.25, 0.3) is 0 Å². The van der Waals surface area contributed by atoms with Gasteiger partial charge in [0, 0.05) is 5.56 Å². The van der Waals surface area contributed by atoms with Gasteiger partial charge >= 0.3 is 0 Å². The number of aryl methyl sites for hydroxylation is 1. The highest BCUT2D eigenvalue weighted by molar-refractivity contribution is 6.08. The van der Waals surface area contributed by atoms with Crippen molar-refractivity contribution in [2.75, 3.05) is 0 Å². The molecule has 1 aromatic carbocycles. The van der Waals surface area contributed by atoms with Gasteiger partial charge in [-0.25, -0.2) is 0 Å². The Labute approximate surface area is 85.5 Å². The van der Waals surface area contributed by atoms with Gasteiger partial charge in [0.15, 0.2) is 5.78 Å². The Balaban J connectivity index is 3.06. The van der Waals surface area contributed by atoms with Crippen molar-refractivity contribution in [1.82, 2.24) is 0 Å². The van der Waals surface area contributed by atoms with Crippen molar-refractivity contribution in [3.63, 3.8) is 0 Å². The molecule has 0 aromatic heterocycles. The highest BCUT2D eigenvalue weighted by Crippen LogP contribution is 2.14. The third-order valence-electron chi connectivity index (χ3n) is 2.17. The first-order chi connectivity index (χ1) is 6.66. The number of hydrogen-bond donors (Lipinski definition) is 0. The molecule has 0 bridgehead atoms. The Kier molecular flexibility index (Phi) is 3.63. The van der Waals surface area contributed by atoms with Crippen LogP contribution < -0.4 is 0 Å². The van der Waals surface area contributed by atoms with Gasteiger partial charge in [-0.05, 0) is 24.5 Å². The number of carbonyl (C=O) groups is 1. The Hall–Kier alpha value is -1.37. The van der Waals surface area contributed by atoms with Crippen LogP contribution in [0.2, 0.25) is 0 Å². The molecule has 0 saturated heterocycles. The van der Waals surface area contributed by atoms with E-state index in [9.17, 15) is 4.79 Å². The predicted octanol–water partition coefficient (Wildman–Crippen LogP) is 3.40. The SMILES string of the molecule is C=C(C)C(=O)c1ccccc1CCC. The molecule has 74 valence electrons. The van der Waals surface area contributed by atoms with Crippen LogP contribution >= 0.6 is 0 Å². The summed E-state index contributed by atoms with van der Waals surface area (Å²) in [7, 11) is 0. The van der Waals surface area contributed by atoms with E-state index in [0.29, 0.717) is 5.57 Å². The second-order valence-electron chi connectivity index (χ2n) is 3.52. The zero-order valence-corrected chi connectivity index (χ0v) is 8.84. The summed E-state index contributed by atoms with van der Waals surface area (Å²) in [6.45, 7) is 7.55. The van der Waals surface area contributed by atoms with E-state index >= 15 is 0 Å². The van der Waals surface area contributed by atoms with Gasteiger partial charge in [0.05, 0.1) is 0 Å². The lowest BCUT2D eigenvalue weighted by Gasteiger charge is -2.06. The second-order valence-corrected chi connectivity index (χ2v) is 3.52. The summed E-state index contributed by atoms with van der Waals surface area (Å²) in [6, 6.07) is 7.76. The normalized spacial score (nSPS) is 9.86. The van der Waals surface area contributed by atoms with Gasteiger partial charge < -0.3 is 0 Å². The average molecular weight is 188 g/mol. The van der Waals surface area contributed by atoms with Crippen molar-refractivity contribution in [1.29, 1.82) is 0 Å². The van der Waals surface area contributed by atoms with Crippen LogP contribution in [-0.4, -0.2) is 5.78 Å². The molecule has 0 aliphatic rings. The van der Waals surface area contributed by atoms with Crippen LogP contribution in [0.25, 0.3) is 0 Å². The first-order valence-corrected chi connectivity index (χ1v) is 4.95. The minimum absolute atomic E-state index is 0.0639. The molecule has 0 atom stereocenters. The van der Waals surface area contributed by atoms with Crippen molar-refractivity contribution in [2.45, 2.75) is 26.7 Å². The number of benzene rings is 1. The van der Waals surface area contributed by atoms with E-state index in [2.05, 4.69) is 13.5 Å². The molecule has 1 rings (SSSR count). The Morgan fingerprint density at radius 1 is 1.36 bits per heavy atom. The summed E-state index contributed by atoms with van der Waals surface area (Å²) in [5.74, 6) is 0.0639. The van der Waals surface area contributed by atoms with Crippen LogP contribution in [0.5, 0.6) is 0 Å². The molecule has 1 heteroatoms. The van der Waals surface area contributed by atoms with Crippen molar-refractivity contribution in [2.24, 2.45) is 0 Å². The van der Waals surface area contributed by atoms with Crippen molar-refractivity contribution in [3.05, 3.63) is 47.5 Å². The van der Waals surface area contributed by atoms with Crippen molar-refractivity contribution in [3.8, 4) is 0 Å². The van der Waals surface area contributed by atoms with Crippen LogP contribution in [0.15, 0.2) is 36.4 Å². The minimum atomic E-state index is 0.0639. The van der Waals surface area contributed by atoms with E-state index in [1.165, 1.54) is 0 Å². The highest BCUT2D eigenvalue weighted by Gasteiger charge is 2.09. The molecule has 1 nitrogen and oxygen atoms in total. The number of carbonyl (C=O) groups excluding carboxylic acids is 1. The average Bonchev–Trinajstić information content (AvgIpc) is 2.18. The molecule has 0 heterocycles. The molecule has 0 N–H and O–H groups in total. The summed E-state index contributed by atoms with van der Waals surface area (Å²) < 4.78 is 0. The fourth-order valence-corrected chi connectivity index (χ4v) is 1.46. The molecule has 1 aromatic rings. The van der Waals surface area contributed by atoms with E-state index in [1.54, 1.807) is 6.92 Å². The van der Waals surface area contributed by atoms with Crippen LogP contribution in [0.3, 0.4) is 0 Å². The van der Waals surface area contributed by atoms with Gasteiger partial charge in [0.2, 0.25) is 0 Å². The van der Waals surface area contributed by atoms with Crippen LogP contribution in [-0.2, 0) is 6.42 Å². The molecule has 0 spiro atoms. The van der Waals surface area contributed by atoms with E-state index in [0.717, 1.165) is 24.0 Å². The topological polar surface area (TPSA) is 17.1 Å². The zero-order valence-electron chi connectivity index (χ0n) is 8.84. The van der Waals surface area contributed by atoms with Crippen molar-refractivity contribution < 1.29 is 4.79 Å². The number of rotatable bonds is 4. The molecule has 0 fully saturated rings. The maximum atomic E-state index is 11.7. The summed E-state index contributed by atoms with van der Waals surface area (Å²) in [5, 5.41) is 0. The van der Waals surface area contributed by atoms with Gasteiger partial charge in [-0.3, -0.25) is 4.79 Å². The number of allylic oxidation sites excluding steroid dienone is 1. The second kappa shape index (κ2) is 4.75. The summed E-state index contributed by atoms with van der Waals surface area (Å²) in [6.07, 6.45) is 2.01. The summed E-state index contributed by atoms with van der Waals surface area (Å²) in [5.41, 5.74) is 2.54. The fourth-order valence-electron chi connectivity index (χ4n) is 1.46. The lowest BCUT2D eigenvalue weighted by atomic mass is 9.97. The molecule has 0 unspecified atom stereocenters. The van der Waals surface area contributed by atoms with Gasteiger partial charge in [-0.1, -0.05) is 44.2 Å². The molecule has 0 aliphatic carbocycles. The van der Waals surface area contributed by atoms with Crippen molar-refractivity contribution >= 4 is 5.78 Å². The number of hydrogen-bond acceptors (Lipinski definition) is 1. The monoisotopic (exact) mass is 188 g/mol. The molecular weight excluding hydrogens is 172 g/mol. The third-order valence-corrected chi connectivity index (χ3v) is 2.17. The maximum Gasteiger partial charge on any atom is 0.188 e. The minimum Gasteiger partial charge on any atom is -0.289 e. The van der Waals surface area contributed by atoms with Crippen LogP contribution in [0.4, 0.5) is 0 Å². The van der Waals surface area contributed by atoms with E-state index in [1.807, 2.05) is 24.3 Å². The molecule has 0 aliphatic heterocycles. The Morgan fingerprint density at radius 2 is 2.00 bits per heavy atom. The molecular formula is C13H16O. The smallest absolute Gasteiger partial charge is 0.188 e. The van der Waals surface area contributed by atoms with Crippen LogP contribution in [0.1, 0.15) is 36.2 Å². The van der Waals surface area contributed by atoms with Gasteiger partial charge in [-0.15, -0.1) is 0 Å². The lowest BCUT2D eigenvalue weighted by Crippen LogP contribution is -2.04. The first kappa shape index (κ1) is 10.7. The zero-order chi connectivity index (χ0) is 10.6. The van der Waals surface area contributed by atoms with E-state index in [-0.39, 0.29) is 5.78 Å². The maximum absolute atomic E-state index is 11.7. The first-order valence-electron chi connectivity index (χ1n) is 4.95. The van der Waals surface area contributed by atoms with Gasteiger partial charge in [-0.2, -0.15) is 0 Å². The van der Waals surface area contributed by atoms with Crippen LogP contribution in [0, 0.1) is 0 Å². The summed E-state index contributed by atoms with van der Waals surface area (Å²) >= 11 is 0. The number of ketones is 1. The Morgan fingerprint density at radius 3 is 2.57 bits per heavy atom. The molecule has 0 saturated carbocycles. The standard InChI is InChI=1S/C13H16O/c1-4-7-11-8-5-6-9-12(11)13(14)10(2)3/h5-6,8-9H,2,4,7H2,1,3H3. The molecule has 0 radical (unpaired) electrons. The Bertz CT molecular complexity index is 350. The van der Waals surface area contributed by atoms with E-state index in [4.69, 9.17) is 0 Å². The third kappa shape index (κ3) is 2.32. The highest BCUT2D eigenvalue weighted by atomic mass is 16.1. The number of Topliss-reactive ketones (excluding diaryl/α,β-unsaturated/α-hetero) is 1. The predicted molar refractivity (Wildman–Crippen MR) is 59.6 cm³/mol. The fraction of sp³-hybridized carbons (Fsp3) is 0.308. The summed E-state index contributed by atoms with van der Waals surface area (Å²) in [4.78, 5) is 11.7. The lowest BCUT2D eigenvalue weighted by molar-refractivity contribution is 0.103. The quantitative estimate of drug-likeness (QED) is 0.523. The largest absolute Gasteiger partial charge is 0.289 e. The van der Waals surface area contributed by atoms with E-state index < -0.39 is 0 Å². The van der Waals surface area contributed by atoms with Gasteiger partial charge in [0.1, 0.15) is 0 Å².